The van der Waals surface area contributed by atoms with E-state index >= 15 is 0 Å². The standard InChI is InChI=1S/C19H34BrO2Si2/c1-18(2,3)16-12-11-14(20)13-15(16)17(21-23(7)8)22-24(9,10)19(4,5)6/h11-13,17H,1-10H3. The van der Waals surface area contributed by atoms with Crippen LogP contribution < -0.4 is 0 Å². The molecule has 5 heteroatoms. The molecule has 0 aliphatic heterocycles. The van der Waals surface area contributed by atoms with Crippen molar-refractivity contribution in [3.8, 4) is 0 Å². The highest BCUT2D eigenvalue weighted by molar-refractivity contribution is 9.10. The molecular weight excluding hydrogens is 396 g/mol. The summed E-state index contributed by atoms with van der Waals surface area (Å²) in [5.74, 6) is 0. The van der Waals surface area contributed by atoms with E-state index < -0.39 is 17.4 Å². The highest BCUT2D eigenvalue weighted by Crippen LogP contribution is 2.42. The molecule has 1 rings (SSSR count). The van der Waals surface area contributed by atoms with E-state index in [1.807, 2.05) is 0 Å². The molecule has 1 atom stereocenters. The van der Waals surface area contributed by atoms with E-state index in [9.17, 15) is 0 Å². The molecule has 0 amide bonds. The Bertz CT molecular complexity index is 557. The van der Waals surface area contributed by atoms with E-state index in [1.54, 1.807) is 0 Å². The fourth-order valence-corrected chi connectivity index (χ4v) is 4.36. The van der Waals surface area contributed by atoms with Crippen LogP contribution in [0, 0.1) is 0 Å². The van der Waals surface area contributed by atoms with Crippen LogP contribution in [-0.2, 0) is 14.3 Å². The lowest BCUT2D eigenvalue weighted by atomic mass is 9.83. The summed E-state index contributed by atoms with van der Waals surface area (Å²) in [6.07, 6.45) is -0.290. The zero-order valence-corrected chi connectivity index (χ0v) is 20.6. The maximum absolute atomic E-state index is 6.71. The van der Waals surface area contributed by atoms with E-state index in [4.69, 9.17) is 8.85 Å². The van der Waals surface area contributed by atoms with Gasteiger partial charge in [-0.3, -0.25) is 0 Å². The van der Waals surface area contributed by atoms with Gasteiger partial charge in [0.25, 0.3) is 0 Å². The van der Waals surface area contributed by atoms with Crippen molar-refractivity contribution in [3.63, 3.8) is 0 Å². The molecule has 0 aliphatic carbocycles. The van der Waals surface area contributed by atoms with Crippen LogP contribution in [0.4, 0.5) is 0 Å². The highest BCUT2D eigenvalue weighted by Gasteiger charge is 2.40. The molecule has 24 heavy (non-hydrogen) atoms. The SMILES string of the molecule is C[Si](C)OC(O[Si](C)(C)C(C)(C)C)c1cc(Br)ccc1C(C)(C)C. The Balaban J connectivity index is 3.40. The lowest BCUT2D eigenvalue weighted by molar-refractivity contribution is -0.0108. The van der Waals surface area contributed by atoms with E-state index in [0.717, 1.165) is 10.0 Å². The van der Waals surface area contributed by atoms with Gasteiger partial charge in [-0.25, -0.2) is 0 Å². The molecule has 0 fully saturated rings. The van der Waals surface area contributed by atoms with Gasteiger partial charge in [0.2, 0.25) is 9.04 Å². The molecule has 2 nitrogen and oxygen atoms in total. The monoisotopic (exact) mass is 429 g/mol. The Morgan fingerprint density at radius 1 is 1.04 bits per heavy atom. The van der Waals surface area contributed by atoms with Gasteiger partial charge >= 0.3 is 0 Å². The van der Waals surface area contributed by atoms with Gasteiger partial charge in [-0.15, -0.1) is 0 Å². The molecule has 0 N–H and O–H groups in total. The first-order valence-electron chi connectivity index (χ1n) is 8.60. The van der Waals surface area contributed by atoms with Gasteiger partial charge in [-0.05, 0) is 54.3 Å². The fraction of sp³-hybridized carbons (Fsp3) is 0.684. The van der Waals surface area contributed by atoms with Gasteiger partial charge in [-0.2, -0.15) is 0 Å². The predicted octanol–water partition coefficient (Wildman–Crippen LogP) is 7.03. The average molecular weight is 431 g/mol. The normalized spacial score (nSPS) is 15.0. The first-order valence-corrected chi connectivity index (χ1v) is 14.7. The van der Waals surface area contributed by atoms with Crippen LogP contribution in [-0.4, -0.2) is 17.4 Å². The van der Waals surface area contributed by atoms with Gasteiger partial charge in [0.15, 0.2) is 14.6 Å². The van der Waals surface area contributed by atoms with Crippen molar-refractivity contribution in [1.82, 2.24) is 0 Å². The minimum atomic E-state index is -1.94. The minimum Gasteiger partial charge on any atom is -0.390 e. The summed E-state index contributed by atoms with van der Waals surface area (Å²) in [5.41, 5.74) is 2.49. The molecule has 0 bridgehead atoms. The largest absolute Gasteiger partial charge is 0.390 e. The number of hydrogen-bond donors (Lipinski definition) is 0. The van der Waals surface area contributed by atoms with Crippen molar-refractivity contribution < 1.29 is 8.85 Å². The summed E-state index contributed by atoms with van der Waals surface area (Å²) in [6.45, 7) is 22.4. The van der Waals surface area contributed by atoms with Crippen LogP contribution in [0.1, 0.15) is 59.0 Å². The Kier molecular flexibility index (Phi) is 7.13. The number of hydrogen-bond acceptors (Lipinski definition) is 2. The minimum absolute atomic E-state index is 0.0445. The summed E-state index contributed by atoms with van der Waals surface area (Å²) in [5, 5.41) is 0.150. The smallest absolute Gasteiger partial charge is 0.208 e. The Labute approximate surface area is 160 Å². The third-order valence-corrected chi connectivity index (χ3v) is 10.2. The molecule has 0 saturated carbocycles. The molecule has 137 valence electrons. The molecular formula is C19H34BrO2Si2. The van der Waals surface area contributed by atoms with Crippen molar-refractivity contribution in [3.05, 3.63) is 33.8 Å². The maximum Gasteiger partial charge on any atom is 0.208 e. The summed E-state index contributed by atoms with van der Waals surface area (Å²) in [4.78, 5) is 0. The van der Waals surface area contributed by atoms with E-state index in [-0.39, 0.29) is 16.7 Å². The van der Waals surface area contributed by atoms with Crippen molar-refractivity contribution >= 4 is 33.3 Å². The molecule has 1 radical (unpaired) electrons. The third-order valence-electron chi connectivity index (χ3n) is 4.63. The second-order valence-corrected chi connectivity index (χ2v) is 16.9. The zero-order valence-electron chi connectivity index (χ0n) is 17.0. The van der Waals surface area contributed by atoms with Crippen LogP contribution in [0.15, 0.2) is 22.7 Å². The van der Waals surface area contributed by atoms with Crippen LogP contribution >= 0.6 is 15.9 Å². The molecule has 0 aliphatic rings. The Morgan fingerprint density at radius 2 is 1.58 bits per heavy atom. The number of rotatable bonds is 5. The average Bonchev–Trinajstić information content (AvgIpc) is 2.34. The second-order valence-electron chi connectivity index (χ2n) is 9.22. The topological polar surface area (TPSA) is 18.5 Å². The van der Waals surface area contributed by atoms with Gasteiger partial charge in [0, 0.05) is 10.0 Å². The van der Waals surface area contributed by atoms with E-state index in [1.165, 1.54) is 5.56 Å². The molecule has 0 spiro atoms. The van der Waals surface area contributed by atoms with Crippen LogP contribution in [0.5, 0.6) is 0 Å². The quantitative estimate of drug-likeness (QED) is 0.369. The van der Waals surface area contributed by atoms with Crippen LogP contribution in [0.2, 0.25) is 31.2 Å². The Hall–Kier alpha value is 0.0538. The zero-order chi connectivity index (χ0) is 18.9. The van der Waals surface area contributed by atoms with Gasteiger partial charge in [-0.1, -0.05) is 63.5 Å². The van der Waals surface area contributed by atoms with E-state index in [2.05, 4.69) is 102 Å². The van der Waals surface area contributed by atoms with Gasteiger partial charge in [0.05, 0.1) is 0 Å². The maximum atomic E-state index is 6.71. The third kappa shape index (κ3) is 5.80. The van der Waals surface area contributed by atoms with Crippen molar-refractivity contribution in [2.24, 2.45) is 0 Å². The van der Waals surface area contributed by atoms with Crippen molar-refractivity contribution in [2.75, 3.05) is 0 Å². The molecule has 0 heterocycles. The molecule has 1 unspecified atom stereocenters. The molecule has 0 saturated heterocycles. The number of benzene rings is 1. The summed E-state index contributed by atoms with van der Waals surface area (Å²) in [7, 11) is -2.83. The van der Waals surface area contributed by atoms with Crippen molar-refractivity contribution in [2.45, 2.75) is 84.5 Å². The van der Waals surface area contributed by atoms with Gasteiger partial charge < -0.3 is 8.85 Å². The van der Waals surface area contributed by atoms with Crippen molar-refractivity contribution in [1.29, 1.82) is 0 Å². The summed E-state index contributed by atoms with van der Waals surface area (Å²) >= 11 is 3.63. The molecule has 1 aromatic rings. The molecule has 1 aromatic carbocycles. The lowest BCUT2D eigenvalue weighted by Gasteiger charge is -2.40. The van der Waals surface area contributed by atoms with Gasteiger partial charge in [0.1, 0.15) is 0 Å². The summed E-state index contributed by atoms with van der Waals surface area (Å²) in [6, 6.07) is 6.48. The lowest BCUT2D eigenvalue weighted by Crippen LogP contribution is -2.43. The highest BCUT2D eigenvalue weighted by atomic mass is 79.9. The van der Waals surface area contributed by atoms with Crippen LogP contribution in [0.25, 0.3) is 0 Å². The molecule has 0 aromatic heterocycles. The fourth-order valence-electron chi connectivity index (χ4n) is 2.22. The number of halogens is 1. The predicted molar refractivity (Wildman–Crippen MR) is 112 cm³/mol. The first kappa shape index (κ1) is 22.1. The summed E-state index contributed by atoms with van der Waals surface area (Å²) < 4.78 is 14.1. The Morgan fingerprint density at radius 3 is 2.00 bits per heavy atom. The van der Waals surface area contributed by atoms with Crippen LogP contribution in [0.3, 0.4) is 0 Å². The first-order chi connectivity index (χ1) is 10.6. The second kappa shape index (κ2) is 7.74. The van der Waals surface area contributed by atoms with E-state index in [0.29, 0.717) is 0 Å².